The zero-order valence-corrected chi connectivity index (χ0v) is 16.8. The van der Waals surface area contributed by atoms with E-state index < -0.39 is 11.7 Å². The van der Waals surface area contributed by atoms with Gasteiger partial charge in [0.15, 0.2) is 0 Å². The van der Waals surface area contributed by atoms with Crippen LogP contribution in [0.15, 0.2) is 48.6 Å². The Bertz CT molecular complexity index is 923. The summed E-state index contributed by atoms with van der Waals surface area (Å²) < 4.78 is 40.9. The molecule has 0 amide bonds. The lowest BCUT2D eigenvalue weighted by molar-refractivity contribution is -0.138. The van der Waals surface area contributed by atoms with E-state index in [0.29, 0.717) is 10.7 Å². The minimum Gasteiger partial charge on any atom is -0.376 e. The summed E-state index contributed by atoms with van der Waals surface area (Å²) in [6.45, 7) is 6.48. The fourth-order valence-electron chi connectivity index (χ4n) is 4.44. The van der Waals surface area contributed by atoms with Crippen molar-refractivity contribution in [1.29, 1.82) is 0 Å². The first-order valence-corrected chi connectivity index (χ1v) is 9.88. The molecule has 1 heterocycles. The van der Waals surface area contributed by atoms with Crippen LogP contribution in [0.25, 0.3) is 0 Å². The summed E-state index contributed by atoms with van der Waals surface area (Å²) in [5.74, 6) is -0.258. The highest BCUT2D eigenvalue weighted by Gasteiger charge is 2.44. The summed E-state index contributed by atoms with van der Waals surface area (Å²) >= 11 is 6.34. The fraction of sp³-hybridized carbons (Fsp3) is 0.391. The lowest BCUT2D eigenvalue weighted by Crippen LogP contribution is -2.31. The summed E-state index contributed by atoms with van der Waals surface area (Å²) in [7, 11) is 0. The standard InChI is InChI=1S/C23H23ClF3N/c1-22(2,3)14-9-7-13(8-10-14)20-16-6-4-5-15(16)19-17(23(25,26)27)11-12-18(24)21(19)28-20/h4-5,7-12,15-16,20,28H,6H2,1-3H3/t15-,16+,20+/m1/s1. The summed E-state index contributed by atoms with van der Waals surface area (Å²) in [6, 6.07) is 10.7. The molecule has 3 atom stereocenters. The smallest absolute Gasteiger partial charge is 0.376 e. The van der Waals surface area contributed by atoms with E-state index in [2.05, 4.69) is 50.4 Å². The molecule has 0 bridgehead atoms. The maximum Gasteiger partial charge on any atom is 0.416 e. The molecule has 1 aliphatic heterocycles. The molecule has 2 aliphatic rings. The van der Waals surface area contributed by atoms with Gasteiger partial charge in [0.05, 0.1) is 22.3 Å². The van der Waals surface area contributed by atoms with E-state index >= 15 is 0 Å². The van der Waals surface area contributed by atoms with Crippen molar-refractivity contribution in [1.82, 2.24) is 0 Å². The quantitative estimate of drug-likeness (QED) is 0.485. The summed E-state index contributed by atoms with van der Waals surface area (Å²) in [5.41, 5.74) is 2.45. The number of fused-ring (bicyclic) bond motifs is 3. The van der Waals surface area contributed by atoms with Crippen LogP contribution in [0.1, 0.15) is 61.4 Å². The van der Waals surface area contributed by atoms with Gasteiger partial charge < -0.3 is 5.32 Å². The second kappa shape index (κ2) is 6.55. The highest BCUT2D eigenvalue weighted by molar-refractivity contribution is 6.33. The molecule has 0 unspecified atom stereocenters. The number of hydrogen-bond acceptors (Lipinski definition) is 1. The number of benzene rings is 2. The van der Waals surface area contributed by atoms with Crippen molar-refractivity contribution in [2.75, 3.05) is 5.32 Å². The molecule has 0 saturated heterocycles. The van der Waals surface area contributed by atoms with E-state index in [4.69, 9.17) is 11.6 Å². The zero-order valence-electron chi connectivity index (χ0n) is 16.1. The molecular formula is C23H23ClF3N. The SMILES string of the molecule is CC(C)(C)c1ccc([C@@H]2Nc3c(Cl)ccc(C(F)(F)F)c3[C@@H]3C=CC[C@@H]32)cc1. The first-order valence-electron chi connectivity index (χ1n) is 9.50. The Morgan fingerprint density at radius 3 is 2.29 bits per heavy atom. The van der Waals surface area contributed by atoms with Gasteiger partial charge in [-0.25, -0.2) is 0 Å². The van der Waals surface area contributed by atoms with Crippen molar-refractivity contribution in [3.8, 4) is 0 Å². The summed E-state index contributed by atoms with van der Waals surface area (Å²) in [6.07, 6.45) is 0.237. The average Bonchev–Trinajstić information content (AvgIpc) is 3.09. The van der Waals surface area contributed by atoms with Crippen molar-refractivity contribution in [2.45, 2.75) is 50.7 Å². The fourth-order valence-corrected chi connectivity index (χ4v) is 4.66. The van der Waals surface area contributed by atoms with Gasteiger partial charge >= 0.3 is 6.18 Å². The highest BCUT2D eigenvalue weighted by Crippen LogP contribution is 2.54. The lowest BCUT2D eigenvalue weighted by Gasteiger charge is -2.39. The molecule has 0 fully saturated rings. The minimum absolute atomic E-state index is 0.0348. The van der Waals surface area contributed by atoms with E-state index in [9.17, 15) is 13.2 Å². The molecule has 2 aromatic rings. The topological polar surface area (TPSA) is 12.0 Å². The van der Waals surface area contributed by atoms with Gasteiger partial charge in [0.25, 0.3) is 0 Å². The van der Waals surface area contributed by atoms with Crippen molar-refractivity contribution < 1.29 is 13.2 Å². The molecular weight excluding hydrogens is 383 g/mol. The minimum atomic E-state index is -4.40. The van der Waals surface area contributed by atoms with Crippen molar-refractivity contribution >= 4 is 17.3 Å². The Labute approximate surface area is 168 Å². The third kappa shape index (κ3) is 3.22. The Morgan fingerprint density at radius 1 is 1.00 bits per heavy atom. The monoisotopic (exact) mass is 405 g/mol. The zero-order chi connectivity index (χ0) is 20.3. The van der Waals surface area contributed by atoms with Crippen molar-refractivity contribution in [3.05, 3.63) is 75.8 Å². The second-order valence-corrected chi connectivity index (χ2v) is 9.14. The van der Waals surface area contributed by atoms with Crippen LogP contribution < -0.4 is 5.32 Å². The number of allylic oxidation sites excluding steroid dienone is 2. The largest absolute Gasteiger partial charge is 0.416 e. The van der Waals surface area contributed by atoms with Gasteiger partial charge in [-0.2, -0.15) is 13.2 Å². The van der Waals surface area contributed by atoms with Crippen molar-refractivity contribution in [2.24, 2.45) is 5.92 Å². The van der Waals surface area contributed by atoms with Gasteiger partial charge in [0.1, 0.15) is 0 Å². The number of anilines is 1. The number of rotatable bonds is 1. The molecule has 0 spiro atoms. The lowest BCUT2D eigenvalue weighted by atomic mass is 9.75. The molecule has 148 valence electrons. The van der Waals surface area contributed by atoms with E-state index in [1.54, 1.807) is 0 Å². The van der Waals surface area contributed by atoms with Crippen LogP contribution in [0.5, 0.6) is 0 Å². The van der Waals surface area contributed by atoms with Crippen LogP contribution >= 0.6 is 11.6 Å². The third-order valence-corrected chi connectivity index (χ3v) is 6.23. The van der Waals surface area contributed by atoms with Crippen LogP contribution in [0.4, 0.5) is 18.9 Å². The maximum atomic E-state index is 13.6. The molecule has 1 N–H and O–H groups in total. The molecule has 5 heteroatoms. The number of alkyl halides is 3. The predicted octanol–water partition coefficient (Wildman–Crippen LogP) is 7.48. The molecule has 0 radical (unpaired) electrons. The molecule has 1 nitrogen and oxygen atoms in total. The highest BCUT2D eigenvalue weighted by atomic mass is 35.5. The van der Waals surface area contributed by atoms with Gasteiger partial charge in [0.2, 0.25) is 0 Å². The Morgan fingerprint density at radius 2 is 1.68 bits per heavy atom. The first-order chi connectivity index (χ1) is 13.1. The predicted molar refractivity (Wildman–Crippen MR) is 108 cm³/mol. The van der Waals surface area contributed by atoms with Gasteiger partial charge in [-0.05, 0) is 46.6 Å². The van der Waals surface area contributed by atoms with Crippen LogP contribution in [0.3, 0.4) is 0 Å². The van der Waals surface area contributed by atoms with Gasteiger partial charge in [-0.1, -0.05) is 68.8 Å². The van der Waals surface area contributed by atoms with Crippen LogP contribution in [-0.2, 0) is 11.6 Å². The first kappa shape index (κ1) is 19.4. The summed E-state index contributed by atoms with van der Waals surface area (Å²) in [4.78, 5) is 0. The molecule has 2 aromatic carbocycles. The van der Waals surface area contributed by atoms with E-state index in [1.165, 1.54) is 11.6 Å². The molecule has 0 saturated carbocycles. The van der Waals surface area contributed by atoms with Crippen LogP contribution in [0.2, 0.25) is 5.02 Å². The Hall–Kier alpha value is -1.94. The normalized spacial score (nSPS) is 23.9. The third-order valence-electron chi connectivity index (χ3n) is 5.91. The van der Waals surface area contributed by atoms with Crippen molar-refractivity contribution in [3.63, 3.8) is 0 Å². The number of hydrogen-bond donors (Lipinski definition) is 1. The Kier molecular flexibility index (Phi) is 4.53. The molecule has 1 aliphatic carbocycles. The second-order valence-electron chi connectivity index (χ2n) is 8.73. The maximum absolute atomic E-state index is 13.6. The van der Waals surface area contributed by atoms with E-state index in [0.717, 1.165) is 18.1 Å². The van der Waals surface area contributed by atoms with E-state index in [1.807, 2.05) is 12.2 Å². The van der Waals surface area contributed by atoms with Gasteiger partial charge in [-0.3, -0.25) is 0 Å². The number of nitrogens with one attached hydrogen (secondary N) is 1. The van der Waals surface area contributed by atoms with Gasteiger partial charge in [0, 0.05) is 5.92 Å². The van der Waals surface area contributed by atoms with Crippen LogP contribution in [0, 0.1) is 5.92 Å². The Balaban J connectivity index is 1.79. The molecule has 28 heavy (non-hydrogen) atoms. The van der Waals surface area contributed by atoms with E-state index in [-0.39, 0.29) is 28.9 Å². The molecule has 0 aromatic heterocycles. The number of halogens is 4. The molecule has 4 rings (SSSR count). The van der Waals surface area contributed by atoms with Gasteiger partial charge in [-0.15, -0.1) is 0 Å². The summed E-state index contributed by atoms with van der Waals surface area (Å²) in [5, 5.41) is 3.68. The average molecular weight is 406 g/mol. The van der Waals surface area contributed by atoms with Crippen LogP contribution in [-0.4, -0.2) is 0 Å².